The summed E-state index contributed by atoms with van der Waals surface area (Å²) < 4.78 is 5.40. The number of hydrazine groups is 1. The molecule has 0 spiro atoms. The lowest BCUT2D eigenvalue weighted by Crippen LogP contribution is -2.33. The van der Waals surface area contributed by atoms with Gasteiger partial charge in [0, 0.05) is 31.3 Å². The van der Waals surface area contributed by atoms with Gasteiger partial charge < -0.3 is 15.1 Å². The standard InChI is InChI=1S/C15H18N4O2/c16-18-14-12-5-2-1-4-11(12)13(10-17-14)15(20)19-6-3-8-21-9-7-19/h1-2,4-5,10H,3,6-9,16H2,(H,17,18). The van der Waals surface area contributed by atoms with Crippen molar-refractivity contribution in [2.75, 3.05) is 31.7 Å². The summed E-state index contributed by atoms with van der Waals surface area (Å²) in [5.41, 5.74) is 3.17. The van der Waals surface area contributed by atoms with Gasteiger partial charge in [-0.05, 0) is 11.8 Å². The Morgan fingerprint density at radius 2 is 2.05 bits per heavy atom. The van der Waals surface area contributed by atoms with E-state index in [2.05, 4.69) is 10.4 Å². The summed E-state index contributed by atoms with van der Waals surface area (Å²) in [5.74, 6) is 6.05. The highest BCUT2D eigenvalue weighted by molar-refractivity contribution is 6.09. The molecule has 0 atom stereocenters. The summed E-state index contributed by atoms with van der Waals surface area (Å²) in [6.45, 7) is 2.62. The smallest absolute Gasteiger partial charge is 0.256 e. The van der Waals surface area contributed by atoms with Gasteiger partial charge in [-0.15, -0.1) is 0 Å². The van der Waals surface area contributed by atoms with Crippen molar-refractivity contribution in [2.45, 2.75) is 6.42 Å². The number of nitrogen functional groups attached to an aromatic ring is 1. The first-order valence-electron chi connectivity index (χ1n) is 7.02. The molecule has 1 saturated heterocycles. The zero-order chi connectivity index (χ0) is 14.7. The van der Waals surface area contributed by atoms with Crippen molar-refractivity contribution in [1.29, 1.82) is 0 Å². The van der Waals surface area contributed by atoms with E-state index in [9.17, 15) is 4.79 Å². The van der Waals surface area contributed by atoms with Crippen molar-refractivity contribution < 1.29 is 9.53 Å². The van der Waals surface area contributed by atoms with Gasteiger partial charge in [0.05, 0.1) is 12.2 Å². The third kappa shape index (κ3) is 2.68. The van der Waals surface area contributed by atoms with Crippen LogP contribution < -0.4 is 11.3 Å². The number of aromatic nitrogens is 1. The molecule has 1 aromatic heterocycles. The molecule has 3 rings (SSSR count). The number of fused-ring (bicyclic) bond motifs is 1. The number of rotatable bonds is 2. The molecule has 1 aliphatic heterocycles. The van der Waals surface area contributed by atoms with Gasteiger partial charge in [-0.3, -0.25) is 4.79 Å². The van der Waals surface area contributed by atoms with Crippen LogP contribution in [0.5, 0.6) is 0 Å². The largest absolute Gasteiger partial charge is 0.380 e. The first kappa shape index (κ1) is 13.8. The van der Waals surface area contributed by atoms with E-state index < -0.39 is 0 Å². The monoisotopic (exact) mass is 286 g/mol. The van der Waals surface area contributed by atoms with Crippen LogP contribution in [-0.2, 0) is 4.74 Å². The number of amides is 1. The summed E-state index contributed by atoms with van der Waals surface area (Å²) in [7, 11) is 0. The number of nitrogens with zero attached hydrogens (tertiary/aromatic N) is 2. The molecule has 0 bridgehead atoms. The predicted molar refractivity (Wildman–Crippen MR) is 80.9 cm³/mol. The Labute approximate surface area is 122 Å². The highest BCUT2D eigenvalue weighted by atomic mass is 16.5. The second-order valence-corrected chi connectivity index (χ2v) is 4.97. The fraction of sp³-hybridized carbons (Fsp3) is 0.333. The molecule has 0 aliphatic carbocycles. The molecule has 110 valence electrons. The van der Waals surface area contributed by atoms with Gasteiger partial charge in [0.2, 0.25) is 0 Å². The first-order valence-corrected chi connectivity index (χ1v) is 7.02. The Morgan fingerprint density at radius 3 is 2.86 bits per heavy atom. The number of nitrogens with one attached hydrogen (secondary N) is 1. The number of nitrogens with two attached hydrogens (primary N) is 1. The van der Waals surface area contributed by atoms with E-state index in [-0.39, 0.29) is 5.91 Å². The molecule has 0 saturated carbocycles. The van der Waals surface area contributed by atoms with Gasteiger partial charge in [-0.25, -0.2) is 10.8 Å². The van der Waals surface area contributed by atoms with Crippen molar-refractivity contribution in [3.05, 3.63) is 36.0 Å². The molecular formula is C15H18N4O2. The average molecular weight is 286 g/mol. The molecule has 2 heterocycles. The molecule has 0 unspecified atom stereocenters. The lowest BCUT2D eigenvalue weighted by atomic mass is 10.1. The fourth-order valence-electron chi connectivity index (χ4n) is 2.60. The summed E-state index contributed by atoms with van der Waals surface area (Å²) >= 11 is 0. The Morgan fingerprint density at radius 1 is 1.24 bits per heavy atom. The van der Waals surface area contributed by atoms with Gasteiger partial charge in [0.1, 0.15) is 5.82 Å². The molecule has 6 nitrogen and oxygen atoms in total. The maximum absolute atomic E-state index is 12.7. The molecule has 1 aromatic carbocycles. The number of benzene rings is 1. The summed E-state index contributed by atoms with van der Waals surface area (Å²) in [4.78, 5) is 18.8. The second-order valence-electron chi connectivity index (χ2n) is 4.97. The maximum atomic E-state index is 12.7. The molecule has 1 amide bonds. The van der Waals surface area contributed by atoms with Gasteiger partial charge in [0.15, 0.2) is 0 Å². The normalized spacial score (nSPS) is 15.8. The van der Waals surface area contributed by atoms with E-state index in [1.54, 1.807) is 6.20 Å². The van der Waals surface area contributed by atoms with E-state index in [1.807, 2.05) is 29.2 Å². The minimum Gasteiger partial charge on any atom is -0.380 e. The molecule has 2 aromatic rings. The van der Waals surface area contributed by atoms with Crippen molar-refractivity contribution in [1.82, 2.24) is 9.88 Å². The Balaban J connectivity index is 2.01. The molecule has 6 heteroatoms. The number of pyridine rings is 1. The summed E-state index contributed by atoms with van der Waals surface area (Å²) in [6.07, 6.45) is 2.45. The number of carbonyl (C=O) groups excluding carboxylic acids is 1. The van der Waals surface area contributed by atoms with Gasteiger partial charge in [-0.2, -0.15) is 0 Å². The Hall–Kier alpha value is -2.18. The number of hydrogen-bond donors (Lipinski definition) is 2. The Kier molecular flexibility index (Phi) is 3.98. The lowest BCUT2D eigenvalue weighted by Gasteiger charge is -2.20. The van der Waals surface area contributed by atoms with Crippen LogP contribution in [0.1, 0.15) is 16.8 Å². The van der Waals surface area contributed by atoms with Crippen LogP contribution in [0.2, 0.25) is 0 Å². The number of hydrogen-bond acceptors (Lipinski definition) is 5. The fourth-order valence-corrected chi connectivity index (χ4v) is 2.60. The second kappa shape index (κ2) is 6.07. The number of anilines is 1. The Bertz CT molecular complexity index is 651. The van der Waals surface area contributed by atoms with E-state index in [4.69, 9.17) is 10.6 Å². The maximum Gasteiger partial charge on any atom is 0.256 e. The average Bonchev–Trinajstić information content (AvgIpc) is 2.82. The third-order valence-electron chi connectivity index (χ3n) is 3.67. The SMILES string of the molecule is NNc1ncc(C(=O)N2CCCOCC2)c2ccccc12. The predicted octanol–water partition coefficient (Wildman–Crippen LogP) is 1.38. The third-order valence-corrected chi connectivity index (χ3v) is 3.67. The van der Waals surface area contributed by atoms with Crippen LogP contribution in [0.4, 0.5) is 5.82 Å². The quantitative estimate of drug-likeness (QED) is 0.644. The zero-order valence-corrected chi connectivity index (χ0v) is 11.7. The van der Waals surface area contributed by atoms with Crippen LogP contribution >= 0.6 is 0 Å². The van der Waals surface area contributed by atoms with Gasteiger partial charge in [-0.1, -0.05) is 24.3 Å². The van der Waals surface area contributed by atoms with Crippen LogP contribution in [-0.4, -0.2) is 42.1 Å². The highest BCUT2D eigenvalue weighted by Crippen LogP contribution is 2.25. The van der Waals surface area contributed by atoms with E-state index in [0.29, 0.717) is 37.7 Å². The minimum absolute atomic E-state index is 0.00669. The molecular weight excluding hydrogens is 268 g/mol. The number of ether oxygens (including phenoxy) is 1. The van der Waals surface area contributed by atoms with E-state index in [1.165, 1.54) is 0 Å². The van der Waals surface area contributed by atoms with Crippen LogP contribution in [0.25, 0.3) is 10.8 Å². The first-order chi connectivity index (χ1) is 10.3. The number of carbonyl (C=O) groups is 1. The topological polar surface area (TPSA) is 80.5 Å². The highest BCUT2D eigenvalue weighted by Gasteiger charge is 2.20. The van der Waals surface area contributed by atoms with Crippen molar-refractivity contribution in [3.63, 3.8) is 0 Å². The molecule has 0 radical (unpaired) electrons. The van der Waals surface area contributed by atoms with Crippen LogP contribution in [0, 0.1) is 0 Å². The van der Waals surface area contributed by atoms with Crippen molar-refractivity contribution >= 4 is 22.5 Å². The van der Waals surface area contributed by atoms with Gasteiger partial charge >= 0.3 is 0 Å². The van der Waals surface area contributed by atoms with Gasteiger partial charge in [0.25, 0.3) is 5.91 Å². The van der Waals surface area contributed by atoms with Crippen LogP contribution in [0.15, 0.2) is 30.5 Å². The van der Waals surface area contributed by atoms with Crippen LogP contribution in [0.3, 0.4) is 0 Å². The zero-order valence-electron chi connectivity index (χ0n) is 11.7. The summed E-state index contributed by atoms with van der Waals surface area (Å²) in [5, 5.41) is 1.70. The van der Waals surface area contributed by atoms with Crippen molar-refractivity contribution in [3.8, 4) is 0 Å². The van der Waals surface area contributed by atoms with E-state index >= 15 is 0 Å². The minimum atomic E-state index is -0.00669. The molecule has 21 heavy (non-hydrogen) atoms. The molecule has 3 N–H and O–H groups in total. The summed E-state index contributed by atoms with van der Waals surface area (Å²) in [6, 6.07) is 7.63. The van der Waals surface area contributed by atoms with E-state index in [0.717, 1.165) is 17.2 Å². The molecule has 1 fully saturated rings. The molecule has 1 aliphatic rings. The lowest BCUT2D eigenvalue weighted by molar-refractivity contribution is 0.0743. The van der Waals surface area contributed by atoms with Crippen molar-refractivity contribution in [2.24, 2.45) is 5.84 Å².